The van der Waals surface area contributed by atoms with E-state index in [9.17, 15) is 0 Å². The van der Waals surface area contributed by atoms with Gasteiger partial charge in [-0.2, -0.15) is 0 Å². The van der Waals surface area contributed by atoms with Gasteiger partial charge in [0.15, 0.2) is 0 Å². The molecule has 0 N–H and O–H groups in total. The number of rotatable bonds is 2. The summed E-state index contributed by atoms with van der Waals surface area (Å²) in [6.45, 7) is 7.45. The lowest BCUT2D eigenvalue weighted by molar-refractivity contribution is 0.430. The van der Waals surface area contributed by atoms with Crippen molar-refractivity contribution in [3.05, 3.63) is 35.9 Å². The Hall–Kier alpha value is -1.11. The summed E-state index contributed by atoms with van der Waals surface area (Å²) in [5.41, 5.74) is 1.46. The zero-order chi connectivity index (χ0) is 9.73. The number of hydrogen-bond acceptors (Lipinski definition) is 1. The third kappa shape index (κ3) is 4.46. The summed E-state index contributed by atoms with van der Waals surface area (Å²) in [5, 5.41) is 0. The molecule has 0 aromatic heterocycles. The molecular weight excluding hydrogens is 158 g/mol. The van der Waals surface area contributed by atoms with E-state index in [1.165, 1.54) is 5.56 Å². The van der Waals surface area contributed by atoms with Gasteiger partial charge in [-0.3, -0.25) is 4.99 Å². The summed E-state index contributed by atoms with van der Waals surface area (Å²) in [5.74, 6) is 0. The average molecular weight is 175 g/mol. The van der Waals surface area contributed by atoms with Crippen LogP contribution in [0.1, 0.15) is 26.3 Å². The highest BCUT2D eigenvalue weighted by atomic mass is 14.7. The van der Waals surface area contributed by atoms with Crippen LogP contribution in [-0.2, 0) is 0 Å². The van der Waals surface area contributed by atoms with Crippen molar-refractivity contribution in [1.82, 2.24) is 0 Å². The van der Waals surface area contributed by atoms with E-state index in [4.69, 9.17) is 0 Å². The summed E-state index contributed by atoms with van der Waals surface area (Å²) >= 11 is 0. The van der Waals surface area contributed by atoms with Gasteiger partial charge < -0.3 is 0 Å². The maximum absolute atomic E-state index is 4.39. The fourth-order valence-electron chi connectivity index (χ4n) is 0.964. The van der Waals surface area contributed by atoms with Crippen molar-refractivity contribution in [2.24, 2.45) is 10.4 Å². The number of aliphatic imine (C=N–C) groups is 1. The van der Waals surface area contributed by atoms with Crippen molar-refractivity contribution in [3.8, 4) is 0 Å². The molecule has 0 aliphatic rings. The first-order valence-corrected chi connectivity index (χ1v) is 4.63. The van der Waals surface area contributed by atoms with Crippen molar-refractivity contribution < 1.29 is 0 Å². The number of benzene rings is 1. The predicted octanol–water partition coefficient (Wildman–Crippen LogP) is 3.15. The predicted molar refractivity (Wildman–Crippen MR) is 58.4 cm³/mol. The van der Waals surface area contributed by atoms with Gasteiger partial charge in [-0.05, 0) is 11.0 Å². The fourth-order valence-corrected chi connectivity index (χ4v) is 0.964. The molecule has 1 aromatic carbocycles. The van der Waals surface area contributed by atoms with E-state index in [-0.39, 0.29) is 5.41 Å². The standard InChI is InChI=1S/C12H17N/c1-12(2,3)10-13-9-11-7-5-4-6-8-11/h4-9H,10H2,1-3H3. The van der Waals surface area contributed by atoms with Crippen LogP contribution in [0, 0.1) is 5.41 Å². The molecule has 0 saturated carbocycles. The van der Waals surface area contributed by atoms with Crippen LogP contribution in [0.3, 0.4) is 0 Å². The minimum Gasteiger partial charge on any atom is -0.292 e. The second-order valence-electron chi connectivity index (χ2n) is 4.44. The molecule has 1 aromatic rings. The molecule has 0 heterocycles. The van der Waals surface area contributed by atoms with E-state index in [2.05, 4.69) is 37.9 Å². The Morgan fingerprint density at radius 3 is 2.31 bits per heavy atom. The maximum Gasteiger partial charge on any atom is 0.0438 e. The van der Waals surface area contributed by atoms with Gasteiger partial charge in [0.2, 0.25) is 0 Å². The molecule has 0 spiro atoms. The van der Waals surface area contributed by atoms with Crippen molar-refractivity contribution in [2.75, 3.05) is 6.54 Å². The molecule has 0 amide bonds. The lowest BCUT2D eigenvalue weighted by Gasteiger charge is -2.13. The van der Waals surface area contributed by atoms with Crippen LogP contribution < -0.4 is 0 Å². The normalized spacial score (nSPS) is 12.2. The van der Waals surface area contributed by atoms with Crippen LogP contribution in [0.4, 0.5) is 0 Å². The highest BCUT2D eigenvalue weighted by molar-refractivity contribution is 5.79. The van der Waals surface area contributed by atoms with E-state index in [0.717, 1.165) is 6.54 Å². The molecule has 13 heavy (non-hydrogen) atoms. The molecule has 1 nitrogen and oxygen atoms in total. The minimum absolute atomic E-state index is 0.283. The first kappa shape index (κ1) is 9.97. The van der Waals surface area contributed by atoms with Crippen LogP contribution in [0.2, 0.25) is 0 Å². The van der Waals surface area contributed by atoms with E-state index in [1.54, 1.807) is 0 Å². The van der Waals surface area contributed by atoms with Gasteiger partial charge >= 0.3 is 0 Å². The summed E-state index contributed by atoms with van der Waals surface area (Å²) in [6, 6.07) is 10.2. The Bertz CT molecular complexity index is 267. The Balaban J connectivity index is 2.51. The summed E-state index contributed by atoms with van der Waals surface area (Å²) in [4.78, 5) is 4.39. The van der Waals surface area contributed by atoms with Crippen LogP contribution >= 0.6 is 0 Å². The quantitative estimate of drug-likeness (QED) is 0.612. The van der Waals surface area contributed by atoms with Crippen molar-refractivity contribution in [1.29, 1.82) is 0 Å². The highest BCUT2D eigenvalue weighted by Crippen LogP contribution is 2.12. The first-order chi connectivity index (χ1) is 6.08. The molecule has 0 atom stereocenters. The second-order valence-corrected chi connectivity index (χ2v) is 4.44. The molecule has 0 unspecified atom stereocenters. The molecule has 0 radical (unpaired) electrons. The third-order valence-electron chi connectivity index (χ3n) is 1.61. The largest absolute Gasteiger partial charge is 0.292 e. The molecule has 0 aliphatic carbocycles. The second kappa shape index (κ2) is 4.22. The number of nitrogens with zero attached hydrogens (tertiary/aromatic N) is 1. The van der Waals surface area contributed by atoms with Crippen molar-refractivity contribution in [3.63, 3.8) is 0 Å². The van der Waals surface area contributed by atoms with Crippen molar-refractivity contribution in [2.45, 2.75) is 20.8 Å². The zero-order valence-electron chi connectivity index (χ0n) is 8.62. The monoisotopic (exact) mass is 175 g/mol. The van der Waals surface area contributed by atoms with E-state index in [1.807, 2.05) is 24.4 Å². The third-order valence-corrected chi connectivity index (χ3v) is 1.61. The molecule has 1 heteroatoms. The molecule has 70 valence electrons. The van der Waals surface area contributed by atoms with Gasteiger partial charge in [0, 0.05) is 12.8 Å². The van der Waals surface area contributed by atoms with Crippen LogP contribution in [-0.4, -0.2) is 12.8 Å². The van der Waals surface area contributed by atoms with E-state index < -0.39 is 0 Å². The Morgan fingerprint density at radius 2 is 1.77 bits per heavy atom. The van der Waals surface area contributed by atoms with E-state index >= 15 is 0 Å². The zero-order valence-corrected chi connectivity index (χ0v) is 8.62. The van der Waals surface area contributed by atoms with Gasteiger partial charge in [0.1, 0.15) is 0 Å². The smallest absolute Gasteiger partial charge is 0.0438 e. The van der Waals surface area contributed by atoms with Gasteiger partial charge in [-0.25, -0.2) is 0 Å². The van der Waals surface area contributed by atoms with Gasteiger partial charge in [0.25, 0.3) is 0 Å². The lowest BCUT2D eigenvalue weighted by atomic mass is 9.97. The number of hydrogen-bond donors (Lipinski definition) is 0. The minimum atomic E-state index is 0.283. The van der Waals surface area contributed by atoms with Gasteiger partial charge in [-0.1, -0.05) is 51.1 Å². The Morgan fingerprint density at radius 1 is 1.15 bits per heavy atom. The Labute approximate surface area is 80.5 Å². The van der Waals surface area contributed by atoms with E-state index in [0.29, 0.717) is 0 Å². The topological polar surface area (TPSA) is 12.4 Å². The van der Waals surface area contributed by atoms with Crippen molar-refractivity contribution >= 4 is 6.21 Å². The average Bonchev–Trinajstić information content (AvgIpc) is 2.04. The first-order valence-electron chi connectivity index (χ1n) is 4.63. The van der Waals surface area contributed by atoms with Crippen LogP contribution in [0.5, 0.6) is 0 Å². The summed E-state index contributed by atoms with van der Waals surface area (Å²) in [6.07, 6.45) is 1.94. The molecule has 0 aliphatic heterocycles. The SMILES string of the molecule is CC(C)(C)CN=Cc1ccccc1. The molecule has 0 saturated heterocycles. The lowest BCUT2D eigenvalue weighted by Crippen LogP contribution is -2.09. The molecule has 0 bridgehead atoms. The molecular formula is C12H17N. The maximum atomic E-state index is 4.39. The molecule has 1 rings (SSSR count). The van der Waals surface area contributed by atoms with Crippen LogP contribution in [0.15, 0.2) is 35.3 Å². The van der Waals surface area contributed by atoms with Gasteiger partial charge in [-0.15, -0.1) is 0 Å². The van der Waals surface area contributed by atoms with Crippen LogP contribution in [0.25, 0.3) is 0 Å². The Kier molecular flexibility index (Phi) is 3.24. The molecule has 0 fully saturated rings. The van der Waals surface area contributed by atoms with Gasteiger partial charge in [0.05, 0.1) is 0 Å². The fraction of sp³-hybridized carbons (Fsp3) is 0.417. The highest BCUT2D eigenvalue weighted by Gasteiger charge is 2.07. The summed E-state index contributed by atoms with van der Waals surface area (Å²) in [7, 11) is 0. The summed E-state index contributed by atoms with van der Waals surface area (Å²) < 4.78 is 0.